The van der Waals surface area contributed by atoms with Gasteiger partial charge in [0.25, 0.3) is 11.8 Å². The first-order valence-corrected chi connectivity index (χ1v) is 11.1. The molecule has 0 spiro atoms. The Morgan fingerprint density at radius 2 is 1.73 bits per heavy atom. The van der Waals surface area contributed by atoms with E-state index in [0.717, 1.165) is 5.56 Å². The minimum absolute atomic E-state index is 0.135. The van der Waals surface area contributed by atoms with Gasteiger partial charge in [0.2, 0.25) is 5.60 Å². The van der Waals surface area contributed by atoms with Gasteiger partial charge in [-0.05, 0) is 30.0 Å². The van der Waals surface area contributed by atoms with Crippen molar-refractivity contribution in [1.82, 2.24) is 10.6 Å². The third kappa shape index (κ3) is 6.66. The lowest BCUT2D eigenvalue weighted by molar-refractivity contribution is -0.144. The molecular formula is C24H30BN3O5. The van der Waals surface area contributed by atoms with E-state index in [4.69, 9.17) is 4.84 Å². The van der Waals surface area contributed by atoms with Crippen LogP contribution < -0.4 is 10.6 Å². The molecule has 1 aliphatic rings. The number of benzene rings is 2. The quantitative estimate of drug-likeness (QED) is 0.410. The van der Waals surface area contributed by atoms with E-state index in [-0.39, 0.29) is 31.2 Å². The summed E-state index contributed by atoms with van der Waals surface area (Å²) >= 11 is 0. The average molecular weight is 451 g/mol. The van der Waals surface area contributed by atoms with Crippen molar-refractivity contribution in [3.05, 3.63) is 71.8 Å². The molecule has 2 atom stereocenters. The third-order valence-corrected chi connectivity index (χ3v) is 5.48. The molecule has 2 amide bonds. The smallest absolute Gasteiger partial charge is 0.426 e. The second-order valence-corrected chi connectivity index (χ2v) is 8.75. The normalized spacial score (nSPS) is 18.3. The summed E-state index contributed by atoms with van der Waals surface area (Å²) in [4.78, 5) is 31.4. The van der Waals surface area contributed by atoms with Crippen LogP contribution in [0.3, 0.4) is 0 Å². The van der Waals surface area contributed by atoms with Gasteiger partial charge in [0.15, 0.2) is 0 Å². The summed E-state index contributed by atoms with van der Waals surface area (Å²) in [7, 11) is -1.70. The van der Waals surface area contributed by atoms with Crippen molar-refractivity contribution in [2.24, 2.45) is 11.1 Å². The second-order valence-electron chi connectivity index (χ2n) is 8.75. The van der Waals surface area contributed by atoms with Crippen molar-refractivity contribution in [1.29, 1.82) is 0 Å². The molecular weight excluding hydrogens is 421 g/mol. The van der Waals surface area contributed by atoms with Crippen LogP contribution in [0.15, 0.2) is 65.8 Å². The minimum atomic E-state index is -1.70. The highest BCUT2D eigenvalue weighted by atomic mass is 16.7. The summed E-state index contributed by atoms with van der Waals surface area (Å²) in [6.07, 6.45) is 0.805. The zero-order valence-corrected chi connectivity index (χ0v) is 18.9. The van der Waals surface area contributed by atoms with E-state index >= 15 is 0 Å². The molecule has 0 saturated heterocycles. The molecule has 2 aromatic rings. The highest BCUT2D eigenvalue weighted by Gasteiger charge is 2.48. The van der Waals surface area contributed by atoms with Crippen LogP contribution in [0.4, 0.5) is 0 Å². The Kier molecular flexibility index (Phi) is 8.24. The Hall–Kier alpha value is -3.17. The Balaban J connectivity index is 1.72. The number of nitrogens with zero attached hydrogens (tertiary/aromatic N) is 1. The topological polar surface area (TPSA) is 120 Å². The molecule has 0 fully saturated rings. The molecule has 2 aromatic carbocycles. The predicted octanol–water partition coefficient (Wildman–Crippen LogP) is 1.72. The van der Waals surface area contributed by atoms with Crippen LogP contribution in [0.1, 0.15) is 42.6 Å². The molecule has 0 aliphatic carbocycles. The Morgan fingerprint density at radius 1 is 1.09 bits per heavy atom. The monoisotopic (exact) mass is 451 g/mol. The van der Waals surface area contributed by atoms with Gasteiger partial charge in [-0.25, -0.2) is 0 Å². The summed E-state index contributed by atoms with van der Waals surface area (Å²) < 4.78 is 0. The Labute approximate surface area is 194 Å². The van der Waals surface area contributed by atoms with Crippen molar-refractivity contribution in [2.45, 2.75) is 44.7 Å². The fraction of sp³-hybridized carbons (Fsp3) is 0.375. The van der Waals surface area contributed by atoms with Gasteiger partial charge < -0.3 is 25.5 Å². The first-order chi connectivity index (χ1) is 15.8. The molecule has 0 aromatic heterocycles. The standard InChI is InChI=1S/C24H30BN3O5/c1-17(2)13-21(25(31)32)27-23(30)24(14-18-9-5-3-6-10-18)15-20(28-33-24)16-26-22(29)19-11-7-4-8-12-19/h3-12,17,21,31-32H,13-16H2,1-2H3,(H,26,29)(H,27,30). The second kappa shape index (κ2) is 11.1. The summed E-state index contributed by atoms with van der Waals surface area (Å²) in [6, 6.07) is 18.2. The van der Waals surface area contributed by atoms with Gasteiger partial charge >= 0.3 is 7.12 Å². The van der Waals surface area contributed by atoms with Gasteiger partial charge in [-0.2, -0.15) is 0 Å². The van der Waals surface area contributed by atoms with Crippen LogP contribution in [0.5, 0.6) is 0 Å². The number of oxime groups is 1. The lowest BCUT2D eigenvalue weighted by Gasteiger charge is -2.29. The average Bonchev–Trinajstić information content (AvgIpc) is 3.22. The van der Waals surface area contributed by atoms with Crippen LogP contribution in [-0.2, 0) is 16.1 Å². The Bertz CT molecular complexity index is 969. The van der Waals surface area contributed by atoms with Crippen molar-refractivity contribution in [2.75, 3.05) is 6.54 Å². The van der Waals surface area contributed by atoms with Crippen molar-refractivity contribution < 1.29 is 24.5 Å². The van der Waals surface area contributed by atoms with Crippen molar-refractivity contribution >= 4 is 24.6 Å². The van der Waals surface area contributed by atoms with Crippen LogP contribution >= 0.6 is 0 Å². The van der Waals surface area contributed by atoms with Gasteiger partial charge in [-0.3, -0.25) is 9.59 Å². The van der Waals surface area contributed by atoms with E-state index in [1.165, 1.54) is 0 Å². The molecule has 3 rings (SSSR count). The van der Waals surface area contributed by atoms with Crippen LogP contribution in [0, 0.1) is 5.92 Å². The highest BCUT2D eigenvalue weighted by molar-refractivity contribution is 6.43. The van der Waals surface area contributed by atoms with Gasteiger partial charge in [-0.15, -0.1) is 0 Å². The SMILES string of the molecule is CC(C)CC(NC(=O)C1(Cc2ccccc2)CC(CNC(=O)c2ccccc2)=NO1)B(O)O. The lowest BCUT2D eigenvalue weighted by Crippen LogP contribution is -2.56. The molecule has 0 saturated carbocycles. The number of rotatable bonds is 10. The van der Waals surface area contributed by atoms with Crippen molar-refractivity contribution in [3.63, 3.8) is 0 Å². The predicted molar refractivity (Wildman–Crippen MR) is 126 cm³/mol. The lowest BCUT2D eigenvalue weighted by atomic mass is 9.74. The van der Waals surface area contributed by atoms with E-state index in [1.807, 2.05) is 50.2 Å². The molecule has 174 valence electrons. The van der Waals surface area contributed by atoms with Crippen LogP contribution in [-0.4, -0.2) is 52.8 Å². The molecule has 1 aliphatic heterocycles. The zero-order chi connectivity index (χ0) is 23.8. The number of hydrogen-bond donors (Lipinski definition) is 4. The van der Waals surface area contributed by atoms with Crippen LogP contribution in [0.25, 0.3) is 0 Å². The first kappa shape index (κ1) is 24.5. The summed E-state index contributed by atoms with van der Waals surface area (Å²) in [5, 5.41) is 29.2. The zero-order valence-electron chi connectivity index (χ0n) is 18.9. The van der Waals surface area contributed by atoms with Crippen LogP contribution in [0.2, 0.25) is 0 Å². The number of amides is 2. The summed E-state index contributed by atoms with van der Waals surface area (Å²) in [5.41, 5.74) is 0.578. The maximum Gasteiger partial charge on any atom is 0.475 e. The minimum Gasteiger partial charge on any atom is -0.426 e. The number of carbonyl (C=O) groups excluding carboxylic acids is 2. The van der Waals surface area contributed by atoms with E-state index in [9.17, 15) is 19.6 Å². The Morgan fingerprint density at radius 3 is 2.33 bits per heavy atom. The third-order valence-electron chi connectivity index (χ3n) is 5.48. The fourth-order valence-electron chi connectivity index (χ4n) is 3.80. The highest BCUT2D eigenvalue weighted by Crippen LogP contribution is 2.29. The molecule has 2 unspecified atom stereocenters. The summed E-state index contributed by atoms with van der Waals surface area (Å²) in [6.45, 7) is 4.00. The molecule has 0 radical (unpaired) electrons. The van der Waals surface area contributed by atoms with E-state index in [0.29, 0.717) is 17.7 Å². The summed E-state index contributed by atoms with van der Waals surface area (Å²) in [5.74, 6) is -1.41. The van der Waals surface area contributed by atoms with Gasteiger partial charge in [0.05, 0.1) is 18.2 Å². The largest absolute Gasteiger partial charge is 0.475 e. The number of carbonyl (C=O) groups is 2. The van der Waals surface area contributed by atoms with Gasteiger partial charge in [0, 0.05) is 18.4 Å². The van der Waals surface area contributed by atoms with E-state index in [2.05, 4.69) is 15.8 Å². The first-order valence-electron chi connectivity index (χ1n) is 11.1. The molecule has 1 heterocycles. The number of nitrogens with one attached hydrogen (secondary N) is 2. The molecule has 9 heteroatoms. The molecule has 33 heavy (non-hydrogen) atoms. The van der Waals surface area contributed by atoms with Crippen molar-refractivity contribution in [3.8, 4) is 0 Å². The fourth-order valence-corrected chi connectivity index (χ4v) is 3.80. The molecule has 0 bridgehead atoms. The molecule has 8 nitrogen and oxygen atoms in total. The van der Waals surface area contributed by atoms with Gasteiger partial charge in [-0.1, -0.05) is 67.5 Å². The maximum absolute atomic E-state index is 13.4. The van der Waals surface area contributed by atoms with E-state index < -0.39 is 24.6 Å². The van der Waals surface area contributed by atoms with E-state index in [1.54, 1.807) is 24.3 Å². The van der Waals surface area contributed by atoms with Gasteiger partial charge in [0.1, 0.15) is 0 Å². The molecule has 4 N–H and O–H groups in total. The maximum atomic E-state index is 13.4. The number of hydrogen-bond acceptors (Lipinski definition) is 6.